The lowest BCUT2D eigenvalue weighted by molar-refractivity contribution is 0.0340. The van der Waals surface area contributed by atoms with Crippen LogP contribution in [0.15, 0.2) is 40.3 Å². The van der Waals surface area contributed by atoms with Gasteiger partial charge in [-0.15, -0.1) is 0 Å². The largest absolute Gasteiger partial charge is 0.394 e. The standard InChI is InChI=1S/C16H22N2O2S/c1-11(2)14-16(21-13-7-5-4-6-8-13)18-15(17-14)12(3)20-10-9-19/h4-8,11-12,19H,9-10H2,1-3H3,(H,17,18). The van der Waals surface area contributed by atoms with Crippen molar-refractivity contribution in [3.63, 3.8) is 0 Å². The number of nitrogens with zero attached hydrogens (tertiary/aromatic N) is 1. The van der Waals surface area contributed by atoms with E-state index in [-0.39, 0.29) is 12.7 Å². The van der Waals surface area contributed by atoms with Gasteiger partial charge in [0, 0.05) is 4.90 Å². The second kappa shape index (κ2) is 7.64. The Hall–Kier alpha value is -1.30. The average molecular weight is 306 g/mol. The topological polar surface area (TPSA) is 58.1 Å². The molecule has 21 heavy (non-hydrogen) atoms. The fourth-order valence-corrected chi connectivity index (χ4v) is 3.04. The molecule has 0 aliphatic carbocycles. The summed E-state index contributed by atoms with van der Waals surface area (Å²) in [6.07, 6.45) is -0.153. The van der Waals surface area contributed by atoms with Gasteiger partial charge in [-0.2, -0.15) is 0 Å². The molecule has 0 radical (unpaired) electrons. The first-order valence-electron chi connectivity index (χ1n) is 7.17. The smallest absolute Gasteiger partial charge is 0.136 e. The lowest BCUT2D eigenvalue weighted by Gasteiger charge is -2.08. The molecule has 0 saturated carbocycles. The number of H-pyrrole nitrogens is 1. The maximum Gasteiger partial charge on any atom is 0.136 e. The second-order valence-electron chi connectivity index (χ2n) is 5.14. The van der Waals surface area contributed by atoms with E-state index < -0.39 is 0 Å². The maximum absolute atomic E-state index is 8.85. The number of nitrogens with one attached hydrogen (secondary N) is 1. The molecule has 1 atom stereocenters. The van der Waals surface area contributed by atoms with Gasteiger partial charge in [-0.3, -0.25) is 0 Å². The predicted molar refractivity (Wildman–Crippen MR) is 84.7 cm³/mol. The summed E-state index contributed by atoms with van der Waals surface area (Å²) >= 11 is 1.68. The predicted octanol–water partition coefficient (Wildman–Crippen LogP) is 3.75. The third-order valence-corrected chi connectivity index (χ3v) is 4.09. The van der Waals surface area contributed by atoms with E-state index in [4.69, 9.17) is 9.84 Å². The van der Waals surface area contributed by atoms with Gasteiger partial charge in [0.2, 0.25) is 0 Å². The first-order valence-corrected chi connectivity index (χ1v) is 7.98. The lowest BCUT2D eigenvalue weighted by atomic mass is 10.2. The first kappa shape index (κ1) is 16.1. The van der Waals surface area contributed by atoms with Crippen molar-refractivity contribution >= 4 is 11.8 Å². The highest BCUT2D eigenvalue weighted by molar-refractivity contribution is 7.99. The molecule has 5 heteroatoms. The number of aliphatic hydroxyl groups excluding tert-OH is 1. The van der Waals surface area contributed by atoms with Crippen LogP contribution in [0.5, 0.6) is 0 Å². The molecule has 0 fully saturated rings. The quantitative estimate of drug-likeness (QED) is 0.818. The van der Waals surface area contributed by atoms with Gasteiger partial charge in [-0.1, -0.05) is 43.8 Å². The van der Waals surface area contributed by atoms with E-state index in [1.165, 1.54) is 4.90 Å². The van der Waals surface area contributed by atoms with Crippen LogP contribution < -0.4 is 0 Å². The van der Waals surface area contributed by atoms with E-state index in [0.29, 0.717) is 12.5 Å². The van der Waals surface area contributed by atoms with Gasteiger partial charge in [-0.05, 0) is 25.0 Å². The monoisotopic (exact) mass is 306 g/mol. The summed E-state index contributed by atoms with van der Waals surface area (Å²) in [5.74, 6) is 1.15. The van der Waals surface area contributed by atoms with Crippen LogP contribution in [0.4, 0.5) is 0 Å². The molecule has 2 aromatic rings. The molecule has 1 aromatic heterocycles. The zero-order valence-corrected chi connectivity index (χ0v) is 13.5. The fourth-order valence-electron chi connectivity index (χ4n) is 1.97. The highest BCUT2D eigenvalue weighted by Gasteiger charge is 2.18. The Labute approximate surface area is 130 Å². The SMILES string of the molecule is CC(C)c1nc(C(C)OCCO)[nH]c1Sc1ccccc1. The molecule has 0 bridgehead atoms. The highest BCUT2D eigenvalue weighted by atomic mass is 32.2. The number of aromatic nitrogens is 2. The normalized spacial score (nSPS) is 12.8. The highest BCUT2D eigenvalue weighted by Crippen LogP contribution is 2.33. The Balaban J connectivity index is 2.21. The molecule has 4 nitrogen and oxygen atoms in total. The molecular formula is C16H22N2O2S. The molecule has 2 rings (SSSR count). The van der Waals surface area contributed by atoms with Crippen molar-refractivity contribution in [1.82, 2.24) is 9.97 Å². The third-order valence-electron chi connectivity index (χ3n) is 3.07. The van der Waals surface area contributed by atoms with E-state index in [2.05, 4.69) is 35.9 Å². The van der Waals surface area contributed by atoms with Crippen molar-refractivity contribution in [2.45, 2.75) is 42.7 Å². The van der Waals surface area contributed by atoms with Crippen molar-refractivity contribution in [1.29, 1.82) is 0 Å². The van der Waals surface area contributed by atoms with E-state index in [1.54, 1.807) is 11.8 Å². The number of hydrogen-bond donors (Lipinski definition) is 2. The number of benzene rings is 1. The van der Waals surface area contributed by atoms with Crippen LogP contribution in [0.2, 0.25) is 0 Å². The van der Waals surface area contributed by atoms with E-state index in [0.717, 1.165) is 16.5 Å². The Morgan fingerprint density at radius 2 is 1.95 bits per heavy atom. The van der Waals surface area contributed by atoms with Crippen LogP contribution in [-0.2, 0) is 4.74 Å². The number of aliphatic hydroxyl groups is 1. The van der Waals surface area contributed by atoms with Gasteiger partial charge in [0.05, 0.1) is 18.9 Å². The van der Waals surface area contributed by atoms with Crippen LogP contribution in [-0.4, -0.2) is 28.3 Å². The number of imidazole rings is 1. The molecular weight excluding hydrogens is 284 g/mol. The molecule has 1 aromatic carbocycles. The lowest BCUT2D eigenvalue weighted by Crippen LogP contribution is -2.06. The van der Waals surface area contributed by atoms with Gasteiger partial charge in [0.1, 0.15) is 17.0 Å². The van der Waals surface area contributed by atoms with Gasteiger partial charge in [0.15, 0.2) is 0 Å². The Bertz CT molecular complexity index is 555. The van der Waals surface area contributed by atoms with Crippen LogP contribution >= 0.6 is 11.8 Å². The van der Waals surface area contributed by atoms with Crippen molar-refractivity contribution < 1.29 is 9.84 Å². The van der Waals surface area contributed by atoms with Crippen LogP contribution in [0, 0.1) is 0 Å². The zero-order valence-electron chi connectivity index (χ0n) is 12.7. The van der Waals surface area contributed by atoms with E-state index in [1.807, 2.05) is 25.1 Å². The maximum atomic E-state index is 8.85. The number of ether oxygens (including phenoxy) is 1. The minimum Gasteiger partial charge on any atom is -0.394 e. The van der Waals surface area contributed by atoms with Crippen molar-refractivity contribution in [2.75, 3.05) is 13.2 Å². The van der Waals surface area contributed by atoms with Crippen molar-refractivity contribution in [2.24, 2.45) is 0 Å². The van der Waals surface area contributed by atoms with Gasteiger partial charge in [0.25, 0.3) is 0 Å². The van der Waals surface area contributed by atoms with Gasteiger partial charge in [-0.25, -0.2) is 4.98 Å². The van der Waals surface area contributed by atoms with Gasteiger partial charge < -0.3 is 14.8 Å². The summed E-state index contributed by atoms with van der Waals surface area (Å²) in [6, 6.07) is 10.2. The van der Waals surface area contributed by atoms with E-state index in [9.17, 15) is 0 Å². The van der Waals surface area contributed by atoms with Crippen LogP contribution in [0.3, 0.4) is 0 Å². The molecule has 0 spiro atoms. The molecule has 0 aliphatic rings. The first-order chi connectivity index (χ1) is 10.1. The molecule has 0 amide bonds. The Kier molecular flexibility index (Phi) is 5.85. The Morgan fingerprint density at radius 3 is 2.57 bits per heavy atom. The molecule has 0 aliphatic heterocycles. The summed E-state index contributed by atoms with van der Waals surface area (Å²) in [7, 11) is 0. The molecule has 114 valence electrons. The minimum absolute atomic E-state index is 0.0215. The average Bonchev–Trinajstić information content (AvgIpc) is 2.90. The van der Waals surface area contributed by atoms with Gasteiger partial charge >= 0.3 is 0 Å². The second-order valence-corrected chi connectivity index (χ2v) is 6.23. The fraction of sp³-hybridized carbons (Fsp3) is 0.438. The van der Waals surface area contributed by atoms with E-state index >= 15 is 0 Å². The van der Waals surface area contributed by atoms with Crippen molar-refractivity contribution in [3.8, 4) is 0 Å². The summed E-state index contributed by atoms with van der Waals surface area (Å²) < 4.78 is 5.52. The zero-order chi connectivity index (χ0) is 15.2. The number of aromatic amines is 1. The molecule has 2 N–H and O–H groups in total. The van der Waals surface area contributed by atoms with Crippen LogP contribution in [0.1, 0.15) is 44.3 Å². The van der Waals surface area contributed by atoms with Crippen LogP contribution in [0.25, 0.3) is 0 Å². The van der Waals surface area contributed by atoms with Crippen molar-refractivity contribution in [3.05, 3.63) is 41.9 Å². The summed E-state index contributed by atoms with van der Waals surface area (Å²) in [5, 5.41) is 9.91. The number of hydrogen-bond acceptors (Lipinski definition) is 4. The molecule has 1 heterocycles. The summed E-state index contributed by atoms with van der Waals surface area (Å²) in [6.45, 7) is 6.55. The summed E-state index contributed by atoms with van der Waals surface area (Å²) in [4.78, 5) is 9.22. The number of rotatable bonds is 7. The molecule has 0 saturated heterocycles. The summed E-state index contributed by atoms with van der Waals surface area (Å²) in [5.41, 5.74) is 1.05. The molecule has 1 unspecified atom stereocenters. The Morgan fingerprint density at radius 1 is 1.24 bits per heavy atom. The third kappa shape index (κ3) is 4.33. The minimum atomic E-state index is -0.153.